The van der Waals surface area contributed by atoms with Crippen LogP contribution in [0.1, 0.15) is 6.92 Å². The Kier molecular flexibility index (Phi) is 4.33. The molecular formula is C14H14BrNO2. The van der Waals surface area contributed by atoms with Crippen molar-refractivity contribution >= 4 is 38.3 Å². The maximum Gasteiger partial charge on any atom is 0.250 e. The van der Waals surface area contributed by atoms with Crippen LogP contribution in [-0.4, -0.2) is 19.1 Å². The van der Waals surface area contributed by atoms with Crippen LogP contribution in [0.2, 0.25) is 0 Å². The van der Waals surface area contributed by atoms with Gasteiger partial charge in [-0.1, -0.05) is 28.1 Å². The first-order valence-electron chi connectivity index (χ1n) is 5.76. The number of hydrogen-bond donors (Lipinski definition) is 1. The van der Waals surface area contributed by atoms with Crippen molar-refractivity contribution in [1.29, 1.82) is 0 Å². The minimum Gasteiger partial charge on any atom is -0.372 e. The molecule has 0 aromatic heterocycles. The summed E-state index contributed by atoms with van der Waals surface area (Å²) in [6.45, 7) is 2.50. The van der Waals surface area contributed by atoms with E-state index in [4.69, 9.17) is 4.74 Å². The fraction of sp³-hybridized carbons (Fsp3) is 0.214. The molecule has 0 saturated carbocycles. The van der Waals surface area contributed by atoms with E-state index in [9.17, 15) is 4.79 Å². The molecular weight excluding hydrogens is 294 g/mol. The molecule has 0 fully saturated rings. The van der Waals surface area contributed by atoms with Gasteiger partial charge in [0.15, 0.2) is 0 Å². The number of benzene rings is 2. The lowest BCUT2D eigenvalue weighted by atomic mass is 10.1. The average molecular weight is 308 g/mol. The Balaban J connectivity index is 2.15. The molecule has 0 aliphatic heterocycles. The molecule has 18 heavy (non-hydrogen) atoms. The highest BCUT2D eigenvalue weighted by Crippen LogP contribution is 2.22. The summed E-state index contributed by atoms with van der Waals surface area (Å²) in [4.78, 5) is 11.5. The molecule has 1 N–H and O–H groups in total. The van der Waals surface area contributed by atoms with E-state index in [1.165, 1.54) is 0 Å². The van der Waals surface area contributed by atoms with Crippen LogP contribution in [0, 0.1) is 0 Å². The van der Waals surface area contributed by atoms with E-state index in [0.29, 0.717) is 6.61 Å². The van der Waals surface area contributed by atoms with E-state index in [-0.39, 0.29) is 12.5 Å². The van der Waals surface area contributed by atoms with Gasteiger partial charge in [0, 0.05) is 16.8 Å². The SMILES string of the molecule is CCOCC(=O)Nc1ccc2cc(Br)ccc2c1. The van der Waals surface area contributed by atoms with Crippen molar-refractivity contribution < 1.29 is 9.53 Å². The molecule has 0 bridgehead atoms. The van der Waals surface area contributed by atoms with Gasteiger partial charge in [-0.3, -0.25) is 4.79 Å². The number of nitrogens with one attached hydrogen (secondary N) is 1. The lowest BCUT2D eigenvalue weighted by Gasteiger charge is -2.06. The van der Waals surface area contributed by atoms with Gasteiger partial charge in [-0.2, -0.15) is 0 Å². The largest absolute Gasteiger partial charge is 0.372 e. The van der Waals surface area contributed by atoms with Crippen LogP contribution in [-0.2, 0) is 9.53 Å². The van der Waals surface area contributed by atoms with Gasteiger partial charge in [0.2, 0.25) is 5.91 Å². The Bertz CT molecular complexity index is 569. The molecule has 3 nitrogen and oxygen atoms in total. The molecule has 0 aliphatic carbocycles. The second-order valence-electron chi connectivity index (χ2n) is 3.89. The number of ether oxygens (including phenoxy) is 1. The molecule has 0 atom stereocenters. The van der Waals surface area contributed by atoms with E-state index in [2.05, 4.69) is 21.2 Å². The Labute approximate surface area is 114 Å². The molecule has 0 saturated heterocycles. The van der Waals surface area contributed by atoms with Crippen LogP contribution in [0.5, 0.6) is 0 Å². The number of carbonyl (C=O) groups excluding carboxylic acids is 1. The van der Waals surface area contributed by atoms with E-state index in [1.54, 1.807) is 0 Å². The molecule has 0 radical (unpaired) electrons. The quantitative estimate of drug-likeness (QED) is 0.937. The lowest BCUT2D eigenvalue weighted by molar-refractivity contribution is -0.120. The summed E-state index contributed by atoms with van der Waals surface area (Å²) in [7, 11) is 0. The monoisotopic (exact) mass is 307 g/mol. The number of hydrogen-bond acceptors (Lipinski definition) is 2. The van der Waals surface area contributed by atoms with Crippen molar-refractivity contribution in [1.82, 2.24) is 0 Å². The first-order valence-corrected chi connectivity index (χ1v) is 6.55. The van der Waals surface area contributed by atoms with Gasteiger partial charge in [0.25, 0.3) is 0 Å². The van der Waals surface area contributed by atoms with Gasteiger partial charge in [-0.05, 0) is 42.0 Å². The predicted octanol–water partition coefficient (Wildman–Crippen LogP) is 3.58. The fourth-order valence-corrected chi connectivity index (χ4v) is 2.06. The zero-order valence-corrected chi connectivity index (χ0v) is 11.7. The third kappa shape index (κ3) is 3.31. The first-order chi connectivity index (χ1) is 8.69. The number of carbonyl (C=O) groups is 1. The van der Waals surface area contributed by atoms with Gasteiger partial charge in [0.05, 0.1) is 0 Å². The molecule has 0 heterocycles. The predicted molar refractivity (Wildman–Crippen MR) is 76.8 cm³/mol. The maximum absolute atomic E-state index is 11.5. The molecule has 0 spiro atoms. The number of fused-ring (bicyclic) bond motifs is 1. The molecule has 2 aromatic rings. The third-order valence-electron chi connectivity index (χ3n) is 2.52. The summed E-state index contributed by atoms with van der Waals surface area (Å²) in [5.41, 5.74) is 0.787. The van der Waals surface area contributed by atoms with Crippen LogP contribution < -0.4 is 5.32 Å². The van der Waals surface area contributed by atoms with Crippen LogP contribution >= 0.6 is 15.9 Å². The summed E-state index contributed by atoms with van der Waals surface area (Å²) in [5.74, 6) is -0.131. The Morgan fingerprint density at radius 2 is 1.94 bits per heavy atom. The van der Waals surface area contributed by atoms with E-state index >= 15 is 0 Å². The van der Waals surface area contributed by atoms with Crippen molar-refractivity contribution in [2.75, 3.05) is 18.5 Å². The lowest BCUT2D eigenvalue weighted by Crippen LogP contribution is -2.18. The van der Waals surface area contributed by atoms with Gasteiger partial charge >= 0.3 is 0 Å². The van der Waals surface area contributed by atoms with Crippen LogP contribution in [0.15, 0.2) is 40.9 Å². The maximum atomic E-state index is 11.5. The summed E-state index contributed by atoms with van der Waals surface area (Å²) >= 11 is 3.43. The Morgan fingerprint density at radius 1 is 1.22 bits per heavy atom. The van der Waals surface area contributed by atoms with Crippen molar-refractivity contribution in [3.8, 4) is 0 Å². The van der Waals surface area contributed by atoms with Gasteiger partial charge in [-0.25, -0.2) is 0 Å². The molecule has 0 unspecified atom stereocenters. The zero-order chi connectivity index (χ0) is 13.0. The highest BCUT2D eigenvalue weighted by molar-refractivity contribution is 9.10. The number of amides is 1. The van der Waals surface area contributed by atoms with E-state index in [0.717, 1.165) is 20.9 Å². The van der Waals surface area contributed by atoms with Gasteiger partial charge in [0.1, 0.15) is 6.61 Å². The molecule has 4 heteroatoms. The van der Waals surface area contributed by atoms with Crippen molar-refractivity contribution in [3.05, 3.63) is 40.9 Å². The highest BCUT2D eigenvalue weighted by atomic mass is 79.9. The van der Waals surface area contributed by atoms with E-state index < -0.39 is 0 Å². The van der Waals surface area contributed by atoms with Crippen molar-refractivity contribution in [2.45, 2.75) is 6.92 Å². The Hall–Kier alpha value is -1.39. The van der Waals surface area contributed by atoms with Crippen molar-refractivity contribution in [3.63, 3.8) is 0 Å². The molecule has 94 valence electrons. The van der Waals surface area contributed by atoms with Crippen LogP contribution in [0.25, 0.3) is 10.8 Å². The van der Waals surface area contributed by atoms with Gasteiger partial charge in [-0.15, -0.1) is 0 Å². The van der Waals surface area contributed by atoms with Crippen LogP contribution in [0.3, 0.4) is 0 Å². The highest BCUT2D eigenvalue weighted by Gasteiger charge is 2.03. The summed E-state index contributed by atoms with van der Waals surface area (Å²) in [6.07, 6.45) is 0. The number of anilines is 1. The number of halogens is 1. The van der Waals surface area contributed by atoms with Crippen LogP contribution in [0.4, 0.5) is 5.69 Å². The minimum absolute atomic E-state index is 0.0921. The zero-order valence-electron chi connectivity index (χ0n) is 10.1. The smallest absolute Gasteiger partial charge is 0.250 e. The minimum atomic E-state index is -0.131. The molecule has 1 amide bonds. The third-order valence-corrected chi connectivity index (χ3v) is 3.02. The summed E-state index contributed by atoms with van der Waals surface area (Å²) in [5, 5.41) is 5.03. The second kappa shape index (κ2) is 5.98. The van der Waals surface area contributed by atoms with Gasteiger partial charge < -0.3 is 10.1 Å². The normalized spacial score (nSPS) is 10.6. The molecule has 2 rings (SSSR count). The molecule has 2 aromatic carbocycles. The second-order valence-corrected chi connectivity index (χ2v) is 4.81. The van der Waals surface area contributed by atoms with Crippen molar-refractivity contribution in [2.24, 2.45) is 0 Å². The Morgan fingerprint density at radius 3 is 2.72 bits per heavy atom. The summed E-state index contributed by atoms with van der Waals surface area (Å²) in [6, 6.07) is 11.9. The molecule has 0 aliphatic rings. The topological polar surface area (TPSA) is 38.3 Å². The fourth-order valence-electron chi connectivity index (χ4n) is 1.69. The standard InChI is InChI=1S/C14H14BrNO2/c1-2-18-9-14(17)16-13-6-4-10-7-12(15)5-3-11(10)8-13/h3-8H,2,9H2,1H3,(H,16,17). The number of rotatable bonds is 4. The average Bonchev–Trinajstić information content (AvgIpc) is 2.36. The summed E-state index contributed by atoms with van der Waals surface area (Å²) < 4.78 is 6.10. The first kappa shape index (κ1) is 13.1. The van der Waals surface area contributed by atoms with E-state index in [1.807, 2.05) is 43.3 Å².